The molecule has 35 atom stereocenters. The molecule has 0 aromatic heterocycles. The van der Waals surface area contributed by atoms with Gasteiger partial charge in [-0.15, -0.1) is 33.2 Å². The van der Waals surface area contributed by atoms with Gasteiger partial charge in [-0.25, -0.2) is 0 Å². The molecule has 0 spiro atoms. The Labute approximate surface area is 884 Å². The maximum atomic E-state index is 12.7. The van der Waals surface area contributed by atoms with Crippen molar-refractivity contribution in [2.45, 2.75) is 403 Å². The Bertz CT molecular complexity index is 3850. The lowest BCUT2D eigenvalue weighted by Crippen LogP contribution is -2.42. The van der Waals surface area contributed by atoms with E-state index in [0.717, 1.165) is 180 Å². The first kappa shape index (κ1) is 121. The van der Waals surface area contributed by atoms with E-state index in [-0.39, 0.29) is 87.4 Å². The molecule has 0 aromatic carbocycles. The van der Waals surface area contributed by atoms with Crippen molar-refractivity contribution in [2.75, 3.05) is 62.5 Å². The second kappa shape index (κ2) is 44.7. The van der Waals surface area contributed by atoms with Crippen LogP contribution in [0.15, 0.2) is 0 Å². The average molecular weight is 2140 g/mol. The van der Waals surface area contributed by atoms with Crippen LogP contribution in [0.4, 0.5) is 0 Å². The fourth-order valence-electron chi connectivity index (χ4n) is 36.5. The summed E-state index contributed by atoms with van der Waals surface area (Å²) >= 11 is 15.6. The van der Waals surface area contributed by atoms with Gasteiger partial charge in [0.2, 0.25) is 0 Å². The van der Waals surface area contributed by atoms with Gasteiger partial charge >= 0.3 is 62.3 Å². The molecule has 822 valence electrons. The zero-order chi connectivity index (χ0) is 107. The number of halogens is 3. The van der Waals surface area contributed by atoms with Crippen molar-refractivity contribution in [2.24, 2.45) is 234 Å². The van der Waals surface area contributed by atoms with Crippen LogP contribution in [0, 0.1) is 234 Å². The summed E-state index contributed by atoms with van der Waals surface area (Å²) in [4.78, 5) is 63.2. The van der Waals surface area contributed by atoms with E-state index in [1.807, 2.05) is 144 Å². The molecule has 142 heavy (non-hydrogen) atoms. The summed E-state index contributed by atoms with van der Waals surface area (Å²) in [5.74, 6) is 26.4. The van der Waals surface area contributed by atoms with Gasteiger partial charge in [-0.05, 0) is 464 Å². The third-order valence-electron chi connectivity index (χ3n) is 40.6. The predicted molar refractivity (Wildman–Crippen MR) is 583 cm³/mol. The summed E-state index contributed by atoms with van der Waals surface area (Å²) in [6.45, 7) is 78.9. The van der Waals surface area contributed by atoms with Crippen LogP contribution in [0.1, 0.15) is 322 Å². The molecule has 0 radical (unpaired) electrons. The smallest absolute Gasteiger partial charge is 0.460 e. The molecule has 19 nitrogen and oxygen atoms in total. The molecule has 20 fully saturated rings. The highest BCUT2D eigenvalue weighted by atomic mass is 35.8. The van der Waals surface area contributed by atoms with Gasteiger partial charge in [0.15, 0.2) is 0 Å². The number of carbonyl (C=O) groups is 5. The van der Waals surface area contributed by atoms with E-state index in [1.165, 1.54) is 96.3 Å². The molecule has 20 bridgehead atoms. The Hall–Kier alpha value is -1.06. The van der Waals surface area contributed by atoms with Gasteiger partial charge in [0.25, 0.3) is 0 Å². The highest BCUT2D eigenvalue weighted by molar-refractivity contribution is 7.64. The van der Waals surface area contributed by atoms with Crippen molar-refractivity contribution in [1.29, 1.82) is 0 Å². The Balaban J connectivity index is 0.000000156. The summed E-state index contributed by atoms with van der Waals surface area (Å²) in [6.07, 6.45) is 26.7. The predicted octanol–water partition coefficient (Wildman–Crippen LogP) is 28.3. The first-order chi connectivity index (χ1) is 65.0. The Kier molecular flexibility index (Phi) is 38.1. The summed E-state index contributed by atoms with van der Waals surface area (Å²) < 4.78 is 74.5. The van der Waals surface area contributed by atoms with Crippen LogP contribution in [-0.2, 0) is 87.5 Å². The average Bonchev–Trinajstić information content (AvgIpc) is 1.57. The minimum absolute atomic E-state index is 0.0873. The maximum absolute atomic E-state index is 12.7. The molecule has 0 aliphatic heterocycles. The molecular formula is C115H207Cl3O19Si5. The lowest BCUT2D eigenvalue weighted by atomic mass is 9.67. The van der Waals surface area contributed by atoms with Crippen LogP contribution in [-0.4, -0.2) is 161 Å². The molecule has 0 amide bonds. The number of hydrogen-bond donors (Lipinski definition) is 0. The van der Waals surface area contributed by atoms with Crippen LogP contribution in [0.3, 0.4) is 0 Å². The van der Waals surface area contributed by atoms with E-state index in [0.29, 0.717) is 76.5 Å². The third-order valence-corrected chi connectivity index (χ3v) is 47.5. The number of esters is 5. The van der Waals surface area contributed by atoms with Gasteiger partial charge in [0, 0.05) is 90.2 Å². The maximum Gasteiger partial charge on any atom is 0.497 e. The van der Waals surface area contributed by atoms with E-state index in [4.69, 9.17) is 96.8 Å². The van der Waals surface area contributed by atoms with Gasteiger partial charge in [-0.3, -0.25) is 24.0 Å². The van der Waals surface area contributed by atoms with Gasteiger partial charge in [-0.1, -0.05) is 95.4 Å². The summed E-state index contributed by atoms with van der Waals surface area (Å²) in [5, 5.41) is 0. The van der Waals surface area contributed by atoms with Crippen LogP contribution in [0.5, 0.6) is 0 Å². The van der Waals surface area contributed by atoms with E-state index in [9.17, 15) is 24.0 Å². The zero-order valence-corrected chi connectivity index (χ0v) is 105. The summed E-state index contributed by atoms with van der Waals surface area (Å²) in [5.41, 5.74) is 0.536. The van der Waals surface area contributed by atoms with Gasteiger partial charge in [0.1, 0.15) is 28.0 Å². The van der Waals surface area contributed by atoms with E-state index < -0.39 is 40.5 Å². The second-order valence-electron chi connectivity index (χ2n) is 57.9. The third kappa shape index (κ3) is 26.0. The number of carbonyl (C=O) groups excluding carboxylic acids is 5. The second-order valence-corrected chi connectivity index (χ2v) is 82.5. The molecule has 0 N–H and O–H groups in total. The first-order valence-electron chi connectivity index (χ1n) is 56.5. The van der Waals surface area contributed by atoms with Crippen molar-refractivity contribution in [3.8, 4) is 0 Å². The van der Waals surface area contributed by atoms with Crippen LogP contribution < -0.4 is 0 Å². The molecule has 35 unspecified atom stereocenters. The van der Waals surface area contributed by atoms with Crippen molar-refractivity contribution in [3.63, 3.8) is 0 Å². The Morgan fingerprint density at radius 1 is 0.254 bits per heavy atom. The SMILES string of the molecule is CC(C)(C)OC(=O)C1CC2C3C4CCC(C4)C3C1C2(C)C.CC(C)(C)OC(=O)C1CC2C3C4CCC(C4)C3C1C2(C)C.CC(C)(C)OC(=O)C1CC2CC1C1C2C2CCC1C2(C)C.CC(C)(C)OC(=O)C1CC2CC1C1C2C2CCC1C2(C)C.CC(C)(C)OC(=O)C1CC2CC1C1C2C2CCC1C2(C)C.CCO[Si](C)(OCC)OCC.CO[Si](C)(OC)OC.CO[Si](C)(OC)OC.C[Si](C)(C)C.C[Si](Cl)(Cl)Cl. The number of fused-ring (bicyclic) bond motifs is 45. The molecule has 0 saturated heterocycles. The zero-order valence-electron chi connectivity index (χ0n) is 97.4. The fourth-order valence-corrected chi connectivity index (χ4v) is 39.4. The van der Waals surface area contributed by atoms with Gasteiger partial charge in [-0.2, -0.15) is 0 Å². The van der Waals surface area contributed by atoms with Crippen molar-refractivity contribution < 1.29 is 87.5 Å². The molecule has 0 heterocycles. The molecular weight excluding hydrogens is 1930 g/mol. The topological polar surface area (TPSA) is 215 Å². The van der Waals surface area contributed by atoms with E-state index in [2.05, 4.69) is 95.4 Å². The minimum atomic E-state index is -2.25. The van der Waals surface area contributed by atoms with Crippen LogP contribution in [0.2, 0.25) is 52.4 Å². The normalized spacial score (nSPS) is 39.7. The highest BCUT2D eigenvalue weighted by Gasteiger charge is 2.76. The minimum Gasteiger partial charge on any atom is -0.460 e. The van der Waals surface area contributed by atoms with E-state index in [1.54, 1.807) is 49.2 Å². The monoisotopic (exact) mass is 2140 g/mol. The molecule has 20 rings (SSSR count). The molecule has 20 saturated carbocycles. The molecule has 20 aliphatic carbocycles. The molecule has 20 aliphatic rings. The summed E-state index contributed by atoms with van der Waals surface area (Å²) in [6, 6.07) is -2.19. The van der Waals surface area contributed by atoms with Crippen molar-refractivity contribution in [3.05, 3.63) is 0 Å². The quantitative estimate of drug-likeness (QED) is 0.0435. The molecule has 27 heteroatoms. The molecule has 0 aromatic rings. The standard InChI is InChI=1S/5C19H30O2.C7H18O3Si.2C4H12O3Si.C4H12Si.CH3Cl3Si/c3*1-18(2,3)21-17(20)12-9-10-8-11(12)16-14-7-6-13(15(10)16)19(14,4)5;2*1-18(2,3)21-17(20)12-9-13-14-10-6-7-11(8-10)15(14)16(12)19(13,4)5;1-5-8-11(4,9-6-2)10-7-3;2*1-5-8(4,6-2)7-3;2*1-5(2,3)4/h5*10-16H,6-9H2,1-5H3;5-7H2,1-4H3;2*1-4H3;1-4H3;1H3. The Morgan fingerprint density at radius 3 is 0.634 bits per heavy atom. The Morgan fingerprint density at radius 2 is 0.444 bits per heavy atom. The van der Waals surface area contributed by atoms with Gasteiger partial charge < -0.3 is 63.5 Å². The largest absolute Gasteiger partial charge is 0.497 e. The lowest BCUT2D eigenvalue weighted by Gasteiger charge is -2.38. The van der Waals surface area contributed by atoms with E-state index >= 15 is 0 Å². The van der Waals surface area contributed by atoms with Crippen molar-refractivity contribution in [1.82, 2.24) is 0 Å². The van der Waals surface area contributed by atoms with Crippen LogP contribution in [0.25, 0.3) is 0 Å². The first-order valence-corrected chi connectivity index (χ1v) is 72.7. The summed E-state index contributed by atoms with van der Waals surface area (Å²) in [7, 11) is 2.29. The number of hydrogen-bond acceptors (Lipinski definition) is 19. The number of rotatable bonds is 17. The van der Waals surface area contributed by atoms with Crippen molar-refractivity contribution >= 4 is 104 Å². The lowest BCUT2D eigenvalue weighted by molar-refractivity contribution is -0.165. The van der Waals surface area contributed by atoms with Crippen LogP contribution >= 0.6 is 33.2 Å². The van der Waals surface area contributed by atoms with Gasteiger partial charge in [0.05, 0.1) is 29.6 Å². The fraction of sp³-hybridized carbons (Fsp3) is 0.957. The number of ether oxygens (including phenoxy) is 5. The highest BCUT2D eigenvalue weighted by Crippen LogP contribution is 2.80.